The van der Waals surface area contributed by atoms with Gasteiger partial charge in [-0.3, -0.25) is 9.59 Å². The molecule has 2 aromatic heterocycles. The maximum atomic E-state index is 12.7. The third-order valence-electron chi connectivity index (χ3n) is 7.03. The quantitative estimate of drug-likeness (QED) is 0.362. The normalized spacial score (nSPS) is 16.1. The number of likely N-dealkylation sites (tertiary alicyclic amines) is 1. The summed E-state index contributed by atoms with van der Waals surface area (Å²) in [5, 5.41) is 5.32. The second-order valence-electron chi connectivity index (χ2n) is 9.59. The number of aromatic amines is 1. The van der Waals surface area contributed by atoms with Gasteiger partial charge in [0, 0.05) is 18.7 Å². The fourth-order valence-corrected chi connectivity index (χ4v) is 4.66. The molecule has 0 radical (unpaired) electrons. The summed E-state index contributed by atoms with van der Waals surface area (Å²) in [6.07, 6.45) is 5.57. The number of fused-ring (bicyclic) bond motifs is 1. The largest absolute Gasteiger partial charge is 0.337 e. The summed E-state index contributed by atoms with van der Waals surface area (Å²) in [5.41, 5.74) is 4.45. The molecule has 4 aromatic rings. The van der Waals surface area contributed by atoms with Gasteiger partial charge < -0.3 is 9.88 Å². The van der Waals surface area contributed by atoms with E-state index >= 15 is 0 Å². The van der Waals surface area contributed by atoms with Gasteiger partial charge in [0.2, 0.25) is 5.91 Å². The van der Waals surface area contributed by atoms with Crippen molar-refractivity contribution in [2.24, 2.45) is 0 Å². The number of rotatable bonds is 5. The van der Waals surface area contributed by atoms with E-state index in [1.165, 1.54) is 23.5 Å². The van der Waals surface area contributed by atoms with Crippen molar-refractivity contribution < 1.29 is 4.79 Å². The number of carbonyl (C=O) groups excluding carboxylic acids is 1. The van der Waals surface area contributed by atoms with Gasteiger partial charge in [-0.2, -0.15) is 5.10 Å². The highest BCUT2D eigenvalue weighted by atomic mass is 16.2. The minimum atomic E-state index is -0.206. The maximum Gasteiger partial charge on any atom is 0.262 e. The predicted octanol–water partition coefficient (Wildman–Crippen LogP) is 5.64. The average Bonchev–Trinajstić information content (AvgIpc) is 3.34. The second-order valence-corrected chi connectivity index (χ2v) is 9.59. The first kappa shape index (κ1) is 26.1. The maximum absolute atomic E-state index is 12.7. The molecule has 2 atom stereocenters. The monoisotopic (exact) mass is 497 g/mol. The van der Waals surface area contributed by atoms with Gasteiger partial charge in [0.25, 0.3) is 5.56 Å². The smallest absolute Gasteiger partial charge is 0.262 e. The van der Waals surface area contributed by atoms with Crippen molar-refractivity contribution in [2.45, 2.75) is 52.0 Å². The van der Waals surface area contributed by atoms with Crippen LogP contribution in [0.25, 0.3) is 22.3 Å². The molecule has 1 saturated heterocycles. The summed E-state index contributed by atoms with van der Waals surface area (Å²) in [6.45, 7) is 11.3. The Balaban J connectivity index is 0.000000396. The Morgan fingerprint density at radius 1 is 1.19 bits per heavy atom. The number of nitrogens with zero attached hydrogens (tertiary/aromatic N) is 4. The Kier molecular flexibility index (Phi) is 8.33. The molecule has 1 N–H and O–H groups in total. The number of aryl methyl sites for hydroxylation is 1. The number of piperidine rings is 1. The van der Waals surface area contributed by atoms with Crippen LogP contribution in [0.5, 0.6) is 0 Å². The van der Waals surface area contributed by atoms with Crippen LogP contribution in [0.2, 0.25) is 0 Å². The van der Waals surface area contributed by atoms with Crippen LogP contribution in [0.15, 0.2) is 78.4 Å². The van der Waals surface area contributed by atoms with Crippen molar-refractivity contribution >= 4 is 16.9 Å². The Hall–Kier alpha value is -4.00. The van der Waals surface area contributed by atoms with Crippen LogP contribution in [0.3, 0.4) is 0 Å². The number of H-pyrrole nitrogens is 1. The van der Waals surface area contributed by atoms with E-state index in [1.54, 1.807) is 4.90 Å². The zero-order valence-electron chi connectivity index (χ0n) is 21.9. The number of hydrogen-bond acceptors (Lipinski definition) is 4. The van der Waals surface area contributed by atoms with Crippen molar-refractivity contribution in [1.82, 2.24) is 24.6 Å². The van der Waals surface area contributed by atoms with Crippen LogP contribution in [-0.2, 0) is 4.79 Å². The molecule has 0 spiro atoms. The lowest BCUT2D eigenvalue weighted by Gasteiger charge is -2.32. The van der Waals surface area contributed by atoms with Crippen molar-refractivity contribution in [3.05, 3.63) is 95.1 Å². The van der Waals surface area contributed by atoms with E-state index in [1.807, 2.05) is 35.0 Å². The molecule has 3 heterocycles. The van der Waals surface area contributed by atoms with E-state index < -0.39 is 0 Å². The Morgan fingerprint density at radius 2 is 1.92 bits per heavy atom. The Bertz CT molecular complexity index is 1410. The van der Waals surface area contributed by atoms with Gasteiger partial charge in [-0.1, -0.05) is 80.6 Å². The molecule has 1 amide bonds. The fraction of sp³-hybridized carbons (Fsp3) is 0.333. The van der Waals surface area contributed by atoms with E-state index in [2.05, 4.69) is 61.6 Å². The van der Waals surface area contributed by atoms with Crippen LogP contribution < -0.4 is 5.56 Å². The van der Waals surface area contributed by atoms with Gasteiger partial charge in [0.15, 0.2) is 5.65 Å². The lowest BCUT2D eigenvalue weighted by Crippen LogP contribution is -2.40. The topological polar surface area (TPSA) is 83.9 Å². The van der Waals surface area contributed by atoms with Gasteiger partial charge in [-0.15, -0.1) is 0 Å². The van der Waals surface area contributed by atoms with E-state index in [9.17, 15) is 9.59 Å². The standard InChI is InChI=1S/C23H27N5O2.C7H8/c1-4-15(3)16-8-10-17(11-9-16)21-20-22(24-14-25-23(20)30)28(26-21)18-7-6-12-27(13-18)19(29)5-2;1-7-5-3-2-4-6-7/h5,8-11,14-15,18H,2,4,6-7,12-13H2,1,3H3,(H,24,25,30);2-6H,1H3. The minimum absolute atomic E-state index is 0.0346. The summed E-state index contributed by atoms with van der Waals surface area (Å²) in [5.74, 6) is 0.400. The summed E-state index contributed by atoms with van der Waals surface area (Å²) >= 11 is 0. The van der Waals surface area contributed by atoms with E-state index in [4.69, 9.17) is 5.10 Å². The van der Waals surface area contributed by atoms with Crippen LogP contribution in [0, 0.1) is 6.92 Å². The van der Waals surface area contributed by atoms with E-state index in [0.717, 1.165) is 24.8 Å². The van der Waals surface area contributed by atoms with Crippen LogP contribution in [-0.4, -0.2) is 43.6 Å². The number of aromatic nitrogens is 4. The predicted molar refractivity (Wildman–Crippen MR) is 149 cm³/mol. The molecule has 1 fully saturated rings. The molecule has 7 nitrogen and oxygen atoms in total. The lowest BCUT2D eigenvalue weighted by molar-refractivity contribution is -0.127. The van der Waals surface area contributed by atoms with Gasteiger partial charge in [-0.05, 0) is 43.7 Å². The summed E-state index contributed by atoms with van der Waals surface area (Å²) in [4.78, 5) is 33.7. The first-order chi connectivity index (χ1) is 17.9. The molecule has 0 bridgehead atoms. The second kappa shape index (κ2) is 11.8. The molecule has 7 heteroatoms. The fourth-order valence-electron chi connectivity index (χ4n) is 4.66. The van der Waals surface area contributed by atoms with Gasteiger partial charge in [0.05, 0.1) is 12.4 Å². The number of hydrogen-bond donors (Lipinski definition) is 1. The zero-order valence-corrected chi connectivity index (χ0v) is 21.9. The first-order valence-electron chi connectivity index (χ1n) is 12.9. The molecule has 5 rings (SSSR count). The SMILES string of the molecule is C=CC(=O)N1CCCC(n2nc(-c3ccc(C(C)CC)cc3)c3c(=O)[nH]cnc32)C1.Cc1ccccc1. The van der Waals surface area contributed by atoms with Crippen molar-refractivity contribution in [2.75, 3.05) is 13.1 Å². The molecular weight excluding hydrogens is 462 g/mol. The third kappa shape index (κ3) is 5.88. The minimum Gasteiger partial charge on any atom is -0.337 e. The molecule has 1 aliphatic heterocycles. The number of benzene rings is 2. The van der Waals surface area contributed by atoms with Crippen molar-refractivity contribution in [3.8, 4) is 11.3 Å². The number of nitrogens with one attached hydrogen (secondary N) is 1. The van der Waals surface area contributed by atoms with Gasteiger partial charge in [-0.25, -0.2) is 9.67 Å². The Labute approximate surface area is 217 Å². The molecule has 1 aliphatic rings. The highest BCUT2D eigenvalue weighted by Gasteiger charge is 2.28. The highest BCUT2D eigenvalue weighted by Crippen LogP contribution is 2.31. The summed E-state index contributed by atoms with van der Waals surface area (Å²) in [6, 6.07) is 18.5. The van der Waals surface area contributed by atoms with Crippen LogP contribution >= 0.6 is 0 Å². The molecule has 0 aliphatic carbocycles. The summed E-state index contributed by atoms with van der Waals surface area (Å²) in [7, 11) is 0. The molecular formula is C30H35N5O2. The molecule has 192 valence electrons. The molecule has 2 unspecified atom stereocenters. The number of amides is 1. The van der Waals surface area contributed by atoms with Crippen molar-refractivity contribution in [3.63, 3.8) is 0 Å². The molecule has 37 heavy (non-hydrogen) atoms. The molecule has 0 saturated carbocycles. The van der Waals surface area contributed by atoms with Crippen LogP contribution in [0.1, 0.15) is 56.2 Å². The number of carbonyl (C=O) groups is 1. The van der Waals surface area contributed by atoms with Gasteiger partial charge >= 0.3 is 0 Å². The van der Waals surface area contributed by atoms with E-state index in [0.29, 0.717) is 35.7 Å². The van der Waals surface area contributed by atoms with Crippen LogP contribution in [0.4, 0.5) is 0 Å². The first-order valence-corrected chi connectivity index (χ1v) is 12.9. The average molecular weight is 498 g/mol. The highest BCUT2D eigenvalue weighted by molar-refractivity contribution is 5.90. The van der Waals surface area contributed by atoms with E-state index in [-0.39, 0.29) is 17.5 Å². The summed E-state index contributed by atoms with van der Waals surface area (Å²) < 4.78 is 1.82. The zero-order chi connectivity index (χ0) is 26.4. The van der Waals surface area contributed by atoms with Crippen molar-refractivity contribution in [1.29, 1.82) is 0 Å². The third-order valence-corrected chi connectivity index (χ3v) is 7.03. The lowest BCUT2D eigenvalue weighted by atomic mass is 9.97. The Morgan fingerprint density at radius 3 is 2.54 bits per heavy atom. The molecule has 2 aromatic carbocycles. The van der Waals surface area contributed by atoms with Gasteiger partial charge in [0.1, 0.15) is 11.1 Å².